The van der Waals surface area contributed by atoms with Crippen molar-refractivity contribution in [1.29, 1.82) is 0 Å². The zero-order valence-corrected chi connectivity index (χ0v) is 10.7. The van der Waals surface area contributed by atoms with Crippen LogP contribution in [0.2, 0.25) is 0 Å². The van der Waals surface area contributed by atoms with Gasteiger partial charge in [0.1, 0.15) is 0 Å². The maximum atomic E-state index is 12.4. The Morgan fingerprint density at radius 2 is 1.47 bits per heavy atom. The lowest BCUT2D eigenvalue weighted by Crippen LogP contribution is -2.51. The van der Waals surface area contributed by atoms with Crippen LogP contribution < -0.4 is 11.4 Å². The largest absolute Gasteiger partial charge is 0.347 e. The van der Waals surface area contributed by atoms with Crippen molar-refractivity contribution in [1.82, 2.24) is 13.9 Å². The minimum atomic E-state index is -0.0634. The van der Waals surface area contributed by atoms with Gasteiger partial charge in [-0.1, -0.05) is 6.42 Å². The second kappa shape index (κ2) is 1.90. The molecule has 8 atom stereocenters. The van der Waals surface area contributed by atoms with Gasteiger partial charge in [0.05, 0.1) is 12.1 Å². The number of nitrogens with zero attached hydrogens (tertiary/aromatic N) is 3. The van der Waals surface area contributed by atoms with E-state index in [4.69, 9.17) is 0 Å². The number of aromatic nitrogens is 3. The van der Waals surface area contributed by atoms with Crippen molar-refractivity contribution in [2.75, 3.05) is 0 Å². The summed E-state index contributed by atoms with van der Waals surface area (Å²) in [6.07, 6.45) is 3.94. The molecule has 7 aliphatic rings. The molecule has 2 spiro atoms. The Hall–Kier alpha value is -1.26. The van der Waals surface area contributed by atoms with Crippen molar-refractivity contribution in [2.24, 2.45) is 41.5 Å². The van der Waals surface area contributed by atoms with E-state index < -0.39 is 0 Å². The predicted molar refractivity (Wildman–Crippen MR) is 64.7 cm³/mol. The third-order valence-corrected chi connectivity index (χ3v) is 8.16. The smallest absolute Gasteiger partial charge is 0.246 e. The van der Waals surface area contributed by atoms with Gasteiger partial charge in [-0.05, 0) is 36.5 Å². The monoisotopic (exact) mass is 257 g/mol. The highest BCUT2D eigenvalue weighted by atomic mass is 16.2. The van der Waals surface area contributed by atoms with Crippen LogP contribution in [-0.2, 0) is 7.05 Å². The average molecular weight is 257 g/mol. The minimum Gasteiger partial charge on any atom is -0.246 e. The van der Waals surface area contributed by atoms with Crippen LogP contribution in [0.25, 0.3) is 0 Å². The molecule has 0 saturated heterocycles. The summed E-state index contributed by atoms with van der Waals surface area (Å²) in [4.78, 5) is 24.9. The summed E-state index contributed by atoms with van der Waals surface area (Å²) >= 11 is 0. The number of hydrogen-bond acceptors (Lipinski definition) is 2. The van der Waals surface area contributed by atoms with Gasteiger partial charge >= 0.3 is 11.4 Å². The van der Waals surface area contributed by atoms with Crippen molar-refractivity contribution in [3.05, 3.63) is 21.0 Å². The Morgan fingerprint density at radius 1 is 0.947 bits per heavy atom. The molecule has 1 aromatic rings. The number of hydrogen-bond donors (Lipinski definition) is 0. The highest BCUT2D eigenvalue weighted by Crippen LogP contribution is 3.05. The van der Waals surface area contributed by atoms with E-state index in [0.717, 1.165) is 23.7 Å². The SMILES string of the molecule is Cn1c(=O)n2n(c1=O)[C@H]1[C@H]3C4C5[C@@]6(CCC[C@@]516)[C@@H]2[C@@H]43. The molecule has 5 saturated carbocycles. The van der Waals surface area contributed by atoms with E-state index in [-0.39, 0.29) is 11.4 Å². The third-order valence-electron chi connectivity index (χ3n) is 8.16. The molecule has 8 rings (SSSR count). The highest BCUT2D eigenvalue weighted by molar-refractivity contribution is 5.49. The molecular weight excluding hydrogens is 242 g/mol. The van der Waals surface area contributed by atoms with Gasteiger partial charge in [0, 0.05) is 17.9 Å². The molecular formula is C14H15N3O2. The summed E-state index contributed by atoms with van der Waals surface area (Å²) in [5, 5.41) is 0. The first-order chi connectivity index (χ1) is 9.18. The molecule has 5 aliphatic carbocycles. The van der Waals surface area contributed by atoms with E-state index in [2.05, 4.69) is 0 Å². The van der Waals surface area contributed by atoms with Gasteiger partial charge in [-0.2, -0.15) is 0 Å². The molecule has 5 fully saturated rings. The summed E-state index contributed by atoms with van der Waals surface area (Å²) in [5.41, 5.74) is 0.761. The fraction of sp³-hybridized carbons (Fsp3) is 0.857. The first kappa shape index (κ1) is 8.82. The van der Waals surface area contributed by atoms with Gasteiger partial charge in [0.25, 0.3) is 0 Å². The molecule has 2 aliphatic heterocycles. The van der Waals surface area contributed by atoms with Crippen LogP contribution in [0.15, 0.2) is 9.59 Å². The van der Waals surface area contributed by atoms with Crippen LogP contribution in [0.4, 0.5) is 0 Å². The van der Waals surface area contributed by atoms with Crippen molar-refractivity contribution >= 4 is 0 Å². The lowest BCUT2D eigenvalue weighted by molar-refractivity contribution is 0.0178. The van der Waals surface area contributed by atoms with E-state index >= 15 is 0 Å². The van der Waals surface area contributed by atoms with E-state index in [1.54, 1.807) is 7.05 Å². The summed E-state index contributed by atoms with van der Waals surface area (Å²) in [6, 6.07) is 0.753. The summed E-state index contributed by atoms with van der Waals surface area (Å²) in [7, 11) is 1.64. The second-order valence-electron chi connectivity index (χ2n) is 7.85. The molecule has 2 unspecified atom stereocenters. The van der Waals surface area contributed by atoms with Crippen LogP contribution in [-0.4, -0.2) is 13.9 Å². The van der Waals surface area contributed by atoms with Crippen LogP contribution in [0, 0.1) is 34.5 Å². The van der Waals surface area contributed by atoms with Gasteiger partial charge in [-0.3, -0.25) is 0 Å². The molecule has 98 valence electrons. The number of rotatable bonds is 0. The maximum absolute atomic E-state index is 12.4. The predicted octanol–water partition coefficient (Wildman–Crippen LogP) is 0.120. The molecule has 2 bridgehead atoms. The van der Waals surface area contributed by atoms with Crippen LogP contribution >= 0.6 is 0 Å². The standard InChI is InChI=1S/C14H15N3O2/c1-15-11(18)16-9-6-5-7(6)10(17(16)12(15)19)14-4-2-3-13(9,14)8(5)14/h5-10H,2-4H2,1H3/t5?,6-,7-,8?,9-,10-,13-,14+/m0/s1. The lowest BCUT2D eigenvalue weighted by atomic mass is 9.73. The van der Waals surface area contributed by atoms with E-state index in [1.807, 2.05) is 9.36 Å². The van der Waals surface area contributed by atoms with E-state index in [9.17, 15) is 9.59 Å². The quantitative estimate of drug-likeness (QED) is 0.663. The van der Waals surface area contributed by atoms with Gasteiger partial charge < -0.3 is 0 Å². The molecule has 0 N–H and O–H groups in total. The Labute approximate surface area is 108 Å². The first-order valence-corrected chi connectivity index (χ1v) is 7.58. The van der Waals surface area contributed by atoms with Crippen molar-refractivity contribution < 1.29 is 0 Å². The fourth-order valence-electron chi connectivity index (χ4n) is 8.24. The Kier molecular flexibility index (Phi) is 0.881. The molecule has 3 heterocycles. The molecule has 5 nitrogen and oxygen atoms in total. The average Bonchev–Trinajstić information content (AvgIpc) is 3.01. The molecule has 0 amide bonds. The maximum Gasteiger partial charge on any atom is 0.347 e. The van der Waals surface area contributed by atoms with Crippen LogP contribution in [0.1, 0.15) is 31.3 Å². The van der Waals surface area contributed by atoms with Gasteiger partial charge in [-0.15, -0.1) is 0 Å². The lowest BCUT2D eigenvalue weighted by Gasteiger charge is -2.45. The van der Waals surface area contributed by atoms with E-state index in [0.29, 0.717) is 22.9 Å². The molecule has 0 radical (unpaired) electrons. The third kappa shape index (κ3) is 0.472. The molecule has 5 heteroatoms. The summed E-state index contributed by atoms with van der Waals surface area (Å²) in [6.45, 7) is 0. The zero-order valence-electron chi connectivity index (χ0n) is 10.7. The van der Waals surface area contributed by atoms with Crippen molar-refractivity contribution in [3.63, 3.8) is 0 Å². The molecule has 0 aromatic carbocycles. The van der Waals surface area contributed by atoms with E-state index in [1.165, 1.54) is 23.8 Å². The van der Waals surface area contributed by atoms with Crippen molar-refractivity contribution in [2.45, 2.75) is 31.3 Å². The Bertz CT molecular complexity index is 767. The molecule has 1 aromatic heterocycles. The second-order valence-corrected chi connectivity index (χ2v) is 7.85. The van der Waals surface area contributed by atoms with Gasteiger partial charge in [0.15, 0.2) is 0 Å². The molecule has 19 heavy (non-hydrogen) atoms. The Balaban J connectivity index is 1.71. The Morgan fingerprint density at radius 3 is 2.00 bits per heavy atom. The fourth-order valence-corrected chi connectivity index (χ4v) is 8.24. The minimum absolute atomic E-state index is 0.0634. The highest BCUT2D eigenvalue weighted by Gasteiger charge is 3.03. The first-order valence-electron chi connectivity index (χ1n) is 7.58. The summed E-state index contributed by atoms with van der Waals surface area (Å²) < 4.78 is 5.11. The van der Waals surface area contributed by atoms with Gasteiger partial charge in [0.2, 0.25) is 0 Å². The normalized spacial score (nSPS) is 63.2. The topological polar surface area (TPSA) is 48.9 Å². The van der Waals surface area contributed by atoms with Gasteiger partial charge in [-0.25, -0.2) is 23.5 Å². The van der Waals surface area contributed by atoms with Crippen LogP contribution in [0.5, 0.6) is 0 Å². The summed E-state index contributed by atoms with van der Waals surface area (Å²) in [5.74, 6) is 3.23. The van der Waals surface area contributed by atoms with Crippen molar-refractivity contribution in [3.8, 4) is 0 Å². The zero-order chi connectivity index (χ0) is 12.5. The van der Waals surface area contributed by atoms with Crippen LogP contribution in [0.3, 0.4) is 0 Å².